The van der Waals surface area contributed by atoms with E-state index in [0.717, 1.165) is 31.1 Å². The van der Waals surface area contributed by atoms with Crippen molar-refractivity contribution in [3.63, 3.8) is 0 Å². The Morgan fingerprint density at radius 1 is 1.11 bits per heavy atom. The number of hydrogen-bond donors (Lipinski definition) is 1. The number of hydrogen-bond acceptors (Lipinski definition) is 4. The van der Waals surface area contributed by atoms with Gasteiger partial charge in [0.05, 0.1) is 26.3 Å². The molecule has 1 saturated carbocycles. The maximum Gasteiger partial charge on any atom is 0.271 e. The Kier molecular flexibility index (Phi) is 5.91. The highest BCUT2D eigenvalue weighted by atomic mass is 19.1. The zero-order valence-corrected chi connectivity index (χ0v) is 20.3. The number of carbonyl (C=O) groups is 2. The summed E-state index contributed by atoms with van der Waals surface area (Å²) in [6.45, 7) is 2.13. The number of fused-ring (bicyclic) bond motifs is 3. The Hall–Kier alpha value is -3.55. The predicted molar refractivity (Wildman–Crippen MR) is 130 cm³/mol. The molecule has 2 amide bonds. The van der Waals surface area contributed by atoms with Crippen molar-refractivity contribution < 1.29 is 23.5 Å². The topological polar surface area (TPSA) is 72.8 Å². The number of aromatic nitrogens is 1. The van der Waals surface area contributed by atoms with Crippen LogP contribution >= 0.6 is 0 Å². The first-order valence-electron chi connectivity index (χ1n) is 12.0. The Balaban J connectivity index is 1.64. The molecule has 7 nitrogen and oxygen atoms in total. The van der Waals surface area contributed by atoms with Gasteiger partial charge < -0.3 is 24.3 Å². The number of carbonyl (C=O) groups excluding carboxylic acids is 2. The van der Waals surface area contributed by atoms with Crippen LogP contribution in [0.3, 0.4) is 0 Å². The molecule has 0 saturated heterocycles. The minimum atomic E-state index is -1.20. The highest BCUT2D eigenvalue weighted by Crippen LogP contribution is 2.40. The van der Waals surface area contributed by atoms with Gasteiger partial charge in [0.2, 0.25) is 5.91 Å². The zero-order chi connectivity index (χ0) is 24.7. The van der Waals surface area contributed by atoms with Crippen LogP contribution < -0.4 is 14.8 Å². The fourth-order valence-electron chi connectivity index (χ4n) is 5.43. The fraction of sp³-hybridized carbons (Fsp3) is 0.407. The lowest BCUT2D eigenvalue weighted by atomic mass is 9.93. The Bertz CT molecular complexity index is 1300. The standard InChI is InChI=1S/C27H30FN3O4/c1-27(26(33)29-19-9-4-5-10-19)16-30-21(14-20-22(34-2)11-12-23(35-3)24(20)30)25(32)31(27)15-17-7-6-8-18(28)13-17/h6-8,11-14,19H,4-5,9-10,15-16H2,1-3H3,(H,29,33)/t27-/m1/s1. The van der Waals surface area contributed by atoms with Gasteiger partial charge in [0.15, 0.2) is 0 Å². The zero-order valence-electron chi connectivity index (χ0n) is 20.3. The van der Waals surface area contributed by atoms with E-state index >= 15 is 0 Å². The molecule has 0 unspecified atom stereocenters. The first-order chi connectivity index (χ1) is 16.9. The summed E-state index contributed by atoms with van der Waals surface area (Å²) in [6.07, 6.45) is 4.03. The average Bonchev–Trinajstić information content (AvgIpc) is 3.49. The van der Waals surface area contributed by atoms with Crippen molar-refractivity contribution in [3.05, 3.63) is 59.5 Å². The van der Waals surface area contributed by atoms with Crippen LogP contribution in [-0.4, -0.2) is 47.1 Å². The molecule has 1 aliphatic carbocycles. The normalized spacial score (nSPS) is 20.2. The minimum Gasteiger partial charge on any atom is -0.496 e. The van der Waals surface area contributed by atoms with E-state index in [9.17, 15) is 14.0 Å². The molecule has 0 spiro atoms. The van der Waals surface area contributed by atoms with E-state index < -0.39 is 5.54 Å². The molecule has 8 heteroatoms. The monoisotopic (exact) mass is 479 g/mol. The second kappa shape index (κ2) is 8.91. The molecule has 0 radical (unpaired) electrons. The summed E-state index contributed by atoms with van der Waals surface area (Å²) in [5, 5.41) is 3.92. The van der Waals surface area contributed by atoms with Gasteiger partial charge in [-0.15, -0.1) is 0 Å². The molecule has 1 aromatic heterocycles. The van der Waals surface area contributed by atoms with Gasteiger partial charge in [0, 0.05) is 18.0 Å². The number of ether oxygens (including phenoxy) is 2. The third-order valence-corrected chi connectivity index (χ3v) is 7.36. The summed E-state index contributed by atoms with van der Waals surface area (Å²) >= 11 is 0. The van der Waals surface area contributed by atoms with Crippen molar-refractivity contribution in [1.82, 2.24) is 14.8 Å². The second-order valence-corrected chi connectivity index (χ2v) is 9.60. The van der Waals surface area contributed by atoms with Crippen LogP contribution in [0.25, 0.3) is 10.9 Å². The first kappa shape index (κ1) is 23.2. The average molecular weight is 480 g/mol. The molecular weight excluding hydrogens is 449 g/mol. The van der Waals surface area contributed by atoms with Crippen molar-refractivity contribution in [2.45, 2.75) is 57.3 Å². The van der Waals surface area contributed by atoms with Gasteiger partial charge in [-0.25, -0.2) is 4.39 Å². The van der Waals surface area contributed by atoms with E-state index in [-0.39, 0.29) is 36.8 Å². The third kappa shape index (κ3) is 3.90. The van der Waals surface area contributed by atoms with Crippen LogP contribution in [0, 0.1) is 5.82 Å². The van der Waals surface area contributed by atoms with E-state index in [1.54, 1.807) is 56.4 Å². The van der Waals surface area contributed by atoms with Gasteiger partial charge in [-0.2, -0.15) is 0 Å². The molecule has 184 valence electrons. The molecule has 35 heavy (non-hydrogen) atoms. The molecule has 2 aliphatic rings. The van der Waals surface area contributed by atoms with Crippen molar-refractivity contribution >= 4 is 22.7 Å². The number of halogens is 1. The Morgan fingerprint density at radius 2 is 1.83 bits per heavy atom. The van der Waals surface area contributed by atoms with Gasteiger partial charge >= 0.3 is 0 Å². The predicted octanol–water partition coefficient (Wildman–Crippen LogP) is 4.27. The smallest absolute Gasteiger partial charge is 0.271 e. The SMILES string of the molecule is COc1ccc(OC)c2c1cc1n2C[C@](C)(C(=O)NC2CCCC2)N(Cc2cccc(F)c2)C1=O. The summed E-state index contributed by atoms with van der Waals surface area (Å²) in [7, 11) is 3.16. The first-order valence-corrected chi connectivity index (χ1v) is 12.0. The maximum atomic E-state index is 14.0. The lowest BCUT2D eigenvalue weighted by molar-refractivity contribution is -0.133. The van der Waals surface area contributed by atoms with Crippen molar-refractivity contribution in [1.29, 1.82) is 0 Å². The summed E-state index contributed by atoms with van der Waals surface area (Å²) in [5.74, 6) is 0.322. The maximum absolute atomic E-state index is 14.0. The van der Waals surface area contributed by atoms with Gasteiger partial charge in [0.25, 0.3) is 5.91 Å². The number of methoxy groups -OCH3 is 2. The third-order valence-electron chi connectivity index (χ3n) is 7.36. The molecule has 5 rings (SSSR count). The second-order valence-electron chi connectivity index (χ2n) is 9.60. The number of amides is 2. The van der Waals surface area contributed by atoms with Crippen LogP contribution in [0.4, 0.5) is 4.39 Å². The molecule has 2 heterocycles. The van der Waals surface area contributed by atoms with Crippen molar-refractivity contribution in [2.75, 3.05) is 14.2 Å². The number of rotatable bonds is 6. The fourth-order valence-corrected chi connectivity index (χ4v) is 5.43. The van der Waals surface area contributed by atoms with Crippen LogP contribution in [0.5, 0.6) is 11.5 Å². The van der Waals surface area contributed by atoms with Gasteiger partial charge in [-0.1, -0.05) is 25.0 Å². The summed E-state index contributed by atoms with van der Waals surface area (Å²) in [5.41, 5.74) is 0.572. The Labute approximate surface area is 203 Å². The lowest BCUT2D eigenvalue weighted by Crippen LogP contribution is -2.64. The number of nitrogens with one attached hydrogen (secondary N) is 1. The van der Waals surface area contributed by atoms with E-state index in [4.69, 9.17) is 9.47 Å². The van der Waals surface area contributed by atoms with Crippen LogP contribution in [0.1, 0.15) is 48.7 Å². The molecule has 3 aromatic rings. The molecule has 1 aliphatic heterocycles. The van der Waals surface area contributed by atoms with E-state index in [1.165, 1.54) is 12.1 Å². The van der Waals surface area contributed by atoms with Gasteiger partial charge in [-0.3, -0.25) is 9.59 Å². The molecule has 1 atom stereocenters. The summed E-state index contributed by atoms with van der Waals surface area (Å²) in [6, 6.07) is 11.6. The van der Waals surface area contributed by atoms with E-state index in [1.807, 2.05) is 4.57 Å². The van der Waals surface area contributed by atoms with Gasteiger partial charge in [-0.05, 0) is 55.7 Å². The minimum absolute atomic E-state index is 0.0999. The quantitative estimate of drug-likeness (QED) is 0.573. The lowest BCUT2D eigenvalue weighted by Gasteiger charge is -2.44. The molecule has 2 aromatic carbocycles. The molecule has 0 bridgehead atoms. The van der Waals surface area contributed by atoms with Crippen LogP contribution in [0.15, 0.2) is 42.5 Å². The summed E-state index contributed by atoms with van der Waals surface area (Å²) in [4.78, 5) is 29.3. The van der Waals surface area contributed by atoms with Crippen LogP contribution in [0.2, 0.25) is 0 Å². The molecular formula is C27H30FN3O4. The highest BCUT2D eigenvalue weighted by Gasteiger charge is 2.48. The van der Waals surface area contributed by atoms with E-state index in [0.29, 0.717) is 28.3 Å². The largest absolute Gasteiger partial charge is 0.496 e. The van der Waals surface area contributed by atoms with E-state index in [2.05, 4.69) is 5.32 Å². The molecule has 1 fully saturated rings. The van der Waals surface area contributed by atoms with Crippen LogP contribution in [-0.2, 0) is 17.9 Å². The Morgan fingerprint density at radius 3 is 2.51 bits per heavy atom. The van der Waals surface area contributed by atoms with Crippen molar-refractivity contribution in [3.8, 4) is 11.5 Å². The van der Waals surface area contributed by atoms with Crippen molar-refractivity contribution in [2.24, 2.45) is 0 Å². The van der Waals surface area contributed by atoms with Gasteiger partial charge in [0.1, 0.15) is 28.5 Å². The molecule has 1 N–H and O–H groups in total. The number of benzene rings is 2. The summed E-state index contributed by atoms with van der Waals surface area (Å²) < 4.78 is 27.0. The number of nitrogens with zero attached hydrogens (tertiary/aromatic N) is 2. The highest BCUT2D eigenvalue weighted by molar-refractivity contribution is 6.05.